The van der Waals surface area contributed by atoms with Crippen molar-refractivity contribution < 1.29 is 9.13 Å². The van der Waals surface area contributed by atoms with Crippen LogP contribution >= 0.6 is 15.9 Å². The second-order valence-electron chi connectivity index (χ2n) is 3.64. The number of benzene rings is 1. The molecule has 0 fully saturated rings. The zero-order valence-corrected chi connectivity index (χ0v) is 10.2. The van der Waals surface area contributed by atoms with Crippen LogP contribution < -0.4 is 0 Å². The fourth-order valence-corrected chi connectivity index (χ4v) is 1.94. The molecule has 0 radical (unpaired) electrons. The van der Waals surface area contributed by atoms with Crippen molar-refractivity contribution in [3.05, 3.63) is 60.2 Å². The van der Waals surface area contributed by atoms with Crippen molar-refractivity contribution >= 4 is 15.9 Å². The molecule has 0 saturated carbocycles. The molecule has 3 heteroatoms. The lowest BCUT2D eigenvalue weighted by Gasteiger charge is -2.25. The van der Waals surface area contributed by atoms with Gasteiger partial charge < -0.3 is 4.74 Å². The predicted octanol–water partition coefficient (Wildman–Crippen LogP) is 3.76. The maximum absolute atomic E-state index is 13.9. The Balaban J connectivity index is 1.96. The Labute approximate surface area is 103 Å². The molecule has 0 N–H and O–H groups in total. The molecule has 0 spiro atoms. The van der Waals surface area contributed by atoms with Gasteiger partial charge in [0, 0.05) is 0 Å². The first kappa shape index (κ1) is 11.6. The second kappa shape index (κ2) is 4.93. The van der Waals surface area contributed by atoms with Gasteiger partial charge in [0.25, 0.3) is 0 Å². The second-order valence-corrected chi connectivity index (χ2v) is 4.85. The fraction of sp³-hybridized carbons (Fsp3) is 0.231. The molecule has 0 aromatic heterocycles. The van der Waals surface area contributed by atoms with E-state index in [-0.39, 0.29) is 0 Å². The molecule has 2 unspecified atom stereocenters. The number of hydrogen-bond acceptors (Lipinski definition) is 1. The summed E-state index contributed by atoms with van der Waals surface area (Å²) in [7, 11) is 0. The standard InChI is InChI=1S/C13H12BrFO/c14-13(15)9-5-4-8-12(13)16-10-11-6-2-1-3-7-11/h1-9,12H,10H2. The van der Waals surface area contributed by atoms with Crippen LogP contribution in [0.3, 0.4) is 0 Å². The van der Waals surface area contributed by atoms with E-state index in [0.717, 1.165) is 5.56 Å². The highest BCUT2D eigenvalue weighted by molar-refractivity contribution is 9.10. The molecule has 1 aliphatic carbocycles. The van der Waals surface area contributed by atoms with Gasteiger partial charge in [-0.15, -0.1) is 0 Å². The van der Waals surface area contributed by atoms with Crippen LogP contribution in [0.4, 0.5) is 4.39 Å². The normalized spacial score (nSPS) is 28.2. The van der Waals surface area contributed by atoms with Crippen LogP contribution in [0.25, 0.3) is 0 Å². The summed E-state index contributed by atoms with van der Waals surface area (Å²) in [5.74, 6) is 0. The highest BCUT2D eigenvalue weighted by Crippen LogP contribution is 2.32. The first-order valence-electron chi connectivity index (χ1n) is 5.08. The van der Waals surface area contributed by atoms with Gasteiger partial charge in [0.1, 0.15) is 6.10 Å². The van der Waals surface area contributed by atoms with E-state index in [1.165, 1.54) is 6.08 Å². The molecule has 1 aliphatic rings. The van der Waals surface area contributed by atoms with Crippen LogP contribution in [0.15, 0.2) is 54.6 Å². The predicted molar refractivity (Wildman–Crippen MR) is 66.1 cm³/mol. The zero-order chi connectivity index (χ0) is 11.4. The summed E-state index contributed by atoms with van der Waals surface area (Å²) in [6.45, 7) is 0.404. The van der Waals surface area contributed by atoms with Crippen LogP contribution in [-0.4, -0.2) is 10.7 Å². The van der Waals surface area contributed by atoms with Gasteiger partial charge in [-0.05, 0) is 27.6 Å². The fourth-order valence-electron chi connectivity index (χ4n) is 1.50. The molecule has 1 aromatic rings. The monoisotopic (exact) mass is 282 g/mol. The Hall–Kier alpha value is -0.930. The molecule has 0 aliphatic heterocycles. The lowest BCUT2D eigenvalue weighted by atomic mass is 10.1. The summed E-state index contributed by atoms with van der Waals surface area (Å²) in [4.78, 5) is 0. The van der Waals surface area contributed by atoms with E-state index in [9.17, 15) is 4.39 Å². The van der Waals surface area contributed by atoms with Crippen molar-refractivity contribution in [2.24, 2.45) is 0 Å². The van der Waals surface area contributed by atoms with Crippen LogP contribution in [0.5, 0.6) is 0 Å². The zero-order valence-electron chi connectivity index (χ0n) is 8.64. The minimum atomic E-state index is -1.60. The van der Waals surface area contributed by atoms with E-state index in [2.05, 4.69) is 15.9 Å². The Bertz CT molecular complexity index is 398. The average Bonchev–Trinajstić information content (AvgIpc) is 2.28. The van der Waals surface area contributed by atoms with E-state index in [0.29, 0.717) is 6.61 Å². The minimum absolute atomic E-state index is 0.404. The van der Waals surface area contributed by atoms with Crippen molar-refractivity contribution in [1.29, 1.82) is 0 Å². The van der Waals surface area contributed by atoms with Crippen LogP contribution in [-0.2, 0) is 11.3 Å². The molecular weight excluding hydrogens is 271 g/mol. The molecule has 84 valence electrons. The number of ether oxygens (including phenoxy) is 1. The van der Waals surface area contributed by atoms with Crippen molar-refractivity contribution in [2.45, 2.75) is 17.3 Å². The van der Waals surface area contributed by atoms with Gasteiger partial charge in [-0.1, -0.05) is 48.6 Å². The summed E-state index contributed by atoms with van der Waals surface area (Å²) >= 11 is 3.00. The molecule has 0 saturated heterocycles. The SMILES string of the molecule is FC1(Br)C=CC=CC1OCc1ccccc1. The molecule has 1 nitrogen and oxygen atoms in total. The molecule has 2 atom stereocenters. The number of allylic oxidation sites excluding steroid dienone is 2. The number of rotatable bonds is 3. The Morgan fingerprint density at radius 3 is 2.69 bits per heavy atom. The smallest absolute Gasteiger partial charge is 0.213 e. The molecule has 0 bridgehead atoms. The van der Waals surface area contributed by atoms with Crippen LogP contribution in [0.2, 0.25) is 0 Å². The summed E-state index contributed by atoms with van der Waals surface area (Å²) in [6, 6.07) is 9.72. The summed E-state index contributed by atoms with van der Waals surface area (Å²) in [5, 5.41) is 0. The summed E-state index contributed by atoms with van der Waals surface area (Å²) in [5.41, 5.74) is 1.04. The highest BCUT2D eigenvalue weighted by Gasteiger charge is 2.34. The number of alkyl halides is 2. The lowest BCUT2D eigenvalue weighted by Crippen LogP contribution is -2.31. The third-order valence-corrected chi connectivity index (χ3v) is 3.08. The highest BCUT2D eigenvalue weighted by atomic mass is 79.9. The molecular formula is C13H12BrFO. The first-order chi connectivity index (χ1) is 7.68. The van der Waals surface area contributed by atoms with Crippen molar-refractivity contribution in [2.75, 3.05) is 0 Å². The van der Waals surface area contributed by atoms with Gasteiger partial charge in [0.15, 0.2) is 0 Å². The van der Waals surface area contributed by atoms with Gasteiger partial charge in [0.2, 0.25) is 4.58 Å². The molecule has 0 heterocycles. The van der Waals surface area contributed by atoms with Gasteiger partial charge in [0.05, 0.1) is 6.61 Å². The van der Waals surface area contributed by atoms with E-state index >= 15 is 0 Å². The van der Waals surface area contributed by atoms with Gasteiger partial charge in [-0.2, -0.15) is 0 Å². The first-order valence-corrected chi connectivity index (χ1v) is 5.87. The molecule has 1 aromatic carbocycles. The topological polar surface area (TPSA) is 9.23 Å². The quantitative estimate of drug-likeness (QED) is 0.767. The van der Waals surface area contributed by atoms with Gasteiger partial charge in [-0.3, -0.25) is 0 Å². The third kappa shape index (κ3) is 2.80. The lowest BCUT2D eigenvalue weighted by molar-refractivity contribution is 0.0223. The molecule has 2 rings (SSSR count). The van der Waals surface area contributed by atoms with Gasteiger partial charge in [-0.25, -0.2) is 4.39 Å². The maximum Gasteiger partial charge on any atom is 0.213 e. The largest absolute Gasteiger partial charge is 0.365 e. The summed E-state index contributed by atoms with van der Waals surface area (Å²) < 4.78 is 17.8. The minimum Gasteiger partial charge on any atom is -0.365 e. The Morgan fingerprint density at radius 1 is 1.25 bits per heavy atom. The van der Waals surface area contributed by atoms with Gasteiger partial charge >= 0.3 is 0 Å². The van der Waals surface area contributed by atoms with Crippen LogP contribution in [0, 0.1) is 0 Å². The third-order valence-electron chi connectivity index (χ3n) is 2.37. The Kier molecular flexibility index (Phi) is 3.56. The van der Waals surface area contributed by atoms with Crippen molar-refractivity contribution in [3.8, 4) is 0 Å². The van der Waals surface area contributed by atoms with Crippen molar-refractivity contribution in [1.82, 2.24) is 0 Å². The number of halogens is 2. The van der Waals surface area contributed by atoms with E-state index in [1.807, 2.05) is 30.3 Å². The average molecular weight is 283 g/mol. The van der Waals surface area contributed by atoms with Crippen LogP contribution in [0.1, 0.15) is 5.56 Å². The van der Waals surface area contributed by atoms with E-state index in [4.69, 9.17) is 4.74 Å². The summed E-state index contributed by atoms with van der Waals surface area (Å²) in [6.07, 6.45) is 6.02. The van der Waals surface area contributed by atoms with Crippen molar-refractivity contribution in [3.63, 3.8) is 0 Å². The number of hydrogen-bond donors (Lipinski definition) is 0. The van der Waals surface area contributed by atoms with E-state index in [1.54, 1.807) is 18.2 Å². The Morgan fingerprint density at radius 2 is 2.00 bits per heavy atom. The van der Waals surface area contributed by atoms with E-state index < -0.39 is 10.7 Å². The molecule has 16 heavy (non-hydrogen) atoms. The molecule has 0 amide bonds. The maximum atomic E-state index is 13.9.